The minimum absolute atomic E-state index is 0.0992. The highest BCUT2D eigenvalue weighted by Gasteiger charge is 2.23. The van der Waals surface area contributed by atoms with Crippen molar-refractivity contribution in [3.8, 4) is 0 Å². The van der Waals surface area contributed by atoms with Crippen LogP contribution in [-0.2, 0) is 19.1 Å². The van der Waals surface area contributed by atoms with Gasteiger partial charge in [0.1, 0.15) is 13.2 Å². The molecule has 0 aromatic carbocycles. The van der Waals surface area contributed by atoms with E-state index in [1.54, 1.807) is 4.90 Å². The predicted molar refractivity (Wildman–Crippen MR) is 64.3 cm³/mol. The molecule has 0 spiro atoms. The number of rotatable bonds is 7. The van der Waals surface area contributed by atoms with Crippen LogP contribution in [0.4, 0.5) is 0 Å². The molecule has 0 radical (unpaired) electrons. The highest BCUT2D eigenvalue weighted by molar-refractivity contribution is 5.78. The van der Waals surface area contributed by atoms with Crippen LogP contribution in [0.5, 0.6) is 0 Å². The summed E-state index contributed by atoms with van der Waals surface area (Å²) in [5, 5.41) is 8.41. The lowest BCUT2D eigenvalue weighted by molar-refractivity contribution is -0.147. The Morgan fingerprint density at radius 3 is 2.83 bits per heavy atom. The first-order chi connectivity index (χ1) is 8.63. The topological polar surface area (TPSA) is 76.1 Å². The molecule has 0 aliphatic carbocycles. The van der Waals surface area contributed by atoms with Gasteiger partial charge in [-0.25, -0.2) is 4.79 Å². The molecular weight excluding hydrogens is 238 g/mol. The second-order valence-electron chi connectivity index (χ2n) is 4.36. The second kappa shape index (κ2) is 8.05. The molecule has 18 heavy (non-hydrogen) atoms. The number of amides is 1. The van der Waals surface area contributed by atoms with Crippen LogP contribution in [0.3, 0.4) is 0 Å². The van der Waals surface area contributed by atoms with Crippen molar-refractivity contribution < 1.29 is 24.2 Å². The van der Waals surface area contributed by atoms with E-state index in [0.29, 0.717) is 19.7 Å². The summed E-state index contributed by atoms with van der Waals surface area (Å²) in [5.41, 5.74) is 0. The number of hydrogen-bond acceptors (Lipinski definition) is 4. The van der Waals surface area contributed by atoms with Gasteiger partial charge in [-0.05, 0) is 19.3 Å². The number of carbonyl (C=O) groups excluding carboxylic acids is 1. The molecule has 1 fully saturated rings. The van der Waals surface area contributed by atoms with E-state index in [1.807, 2.05) is 6.92 Å². The Labute approximate surface area is 107 Å². The van der Waals surface area contributed by atoms with E-state index in [1.165, 1.54) is 0 Å². The third-order valence-corrected chi connectivity index (χ3v) is 2.74. The summed E-state index contributed by atoms with van der Waals surface area (Å²) in [6, 6.07) is 0. The smallest absolute Gasteiger partial charge is 0.329 e. The van der Waals surface area contributed by atoms with Crippen molar-refractivity contribution >= 4 is 11.9 Å². The molecule has 104 valence electrons. The predicted octanol–water partition coefficient (Wildman–Crippen LogP) is 0.505. The molecule has 1 rings (SSSR count). The number of carbonyl (C=O) groups is 2. The van der Waals surface area contributed by atoms with Crippen molar-refractivity contribution in [1.29, 1.82) is 0 Å². The SMILES string of the molecule is CCCOC1CCCN(C(=O)COCC(=O)O)C1. The van der Waals surface area contributed by atoms with Crippen LogP contribution in [0.2, 0.25) is 0 Å². The Bertz CT molecular complexity index is 282. The number of nitrogens with zero attached hydrogens (tertiary/aromatic N) is 1. The van der Waals surface area contributed by atoms with Crippen LogP contribution >= 0.6 is 0 Å². The standard InChI is InChI=1S/C12H21NO5/c1-2-6-18-10-4-3-5-13(7-10)11(14)8-17-9-12(15)16/h10H,2-9H2,1H3,(H,15,16). The summed E-state index contributed by atoms with van der Waals surface area (Å²) in [4.78, 5) is 23.7. The number of hydrogen-bond donors (Lipinski definition) is 1. The van der Waals surface area contributed by atoms with E-state index in [9.17, 15) is 9.59 Å². The van der Waals surface area contributed by atoms with Gasteiger partial charge < -0.3 is 19.5 Å². The summed E-state index contributed by atoms with van der Waals surface area (Å²) in [7, 11) is 0. The van der Waals surface area contributed by atoms with Gasteiger partial charge >= 0.3 is 5.97 Å². The molecule has 1 unspecified atom stereocenters. The van der Waals surface area contributed by atoms with Gasteiger partial charge in [-0.2, -0.15) is 0 Å². The van der Waals surface area contributed by atoms with E-state index in [0.717, 1.165) is 19.3 Å². The molecule has 0 aromatic rings. The third-order valence-electron chi connectivity index (χ3n) is 2.74. The molecule has 1 atom stereocenters. The maximum absolute atomic E-state index is 11.8. The summed E-state index contributed by atoms with van der Waals surface area (Å²) in [6.45, 7) is 3.42. The van der Waals surface area contributed by atoms with E-state index in [-0.39, 0.29) is 18.6 Å². The largest absolute Gasteiger partial charge is 0.480 e. The molecule has 1 N–H and O–H groups in total. The van der Waals surface area contributed by atoms with Crippen molar-refractivity contribution in [2.24, 2.45) is 0 Å². The summed E-state index contributed by atoms with van der Waals surface area (Å²) in [5.74, 6) is -1.23. The number of carboxylic acids is 1. The number of likely N-dealkylation sites (tertiary alicyclic amines) is 1. The van der Waals surface area contributed by atoms with E-state index in [2.05, 4.69) is 0 Å². The average Bonchev–Trinajstić information content (AvgIpc) is 2.36. The zero-order chi connectivity index (χ0) is 13.4. The first-order valence-corrected chi connectivity index (χ1v) is 6.32. The van der Waals surface area contributed by atoms with Crippen LogP contribution in [0, 0.1) is 0 Å². The first kappa shape index (κ1) is 14.9. The Hall–Kier alpha value is -1.14. The van der Waals surface area contributed by atoms with Crippen molar-refractivity contribution in [1.82, 2.24) is 4.90 Å². The van der Waals surface area contributed by atoms with Gasteiger partial charge in [-0.1, -0.05) is 6.92 Å². The zero-order valence-corrected chi connectivity index (χ0v) is 10.8. The van der Waals surface area contributed by atoms with Gasteiger partial charge in [-0.3, -0.25) is 4.79 Å². The van der Waals surface area contributed by atoms with Crippen LogP contribution in [-0.4, -0.2) is 60.9 Å². The Kier molecular flexibility index (Phi) is 6.67. The molecular formula is C12H21NO5. The van der Waals surface area contributed by atoms with Crippen molar-refractivity contribution in [3.05, 3.63) is 0 Å². The highest BCUT2D eigenvalue weighted by Crippen LogP contribution is 2.13. The summed E-state index contributed by atoms with van der Waals surface area (Å²) >= 11 is 0. The van der Waals surface area contributed by atoms with Gasteiger partial charge in [0, 0.05) is 19.7 Å². The van der Waals surface area contributed by atoms with Crippen molar-refractivity contribution in [2.75, 3.05) is 32.9 Å². The molecule has 0 saturated carbocycles. The first-order valence-electron chi connectivity index (χ1n) is 6.32. The van der Waals surface area contributed by atoms with Crippen LogP contribution < -0.4 is 0 Å². The zero-order valence-electron chi connectivity index (χ0n) is 10.8. The summed E-state index contributed by atoms with van der Waals surface area (Å²) < 4.78 is 10.4. The summed E-state index contributed by atoms with van der Waals surface area (Å²) in [6.07, 6.45) is 2.95. The van der Waals surface area contributed by atoms with Crippen molar-refractivity contribution in [2.45, 2.75) is 32.3 Å². The third kappa shape index (κ3) is 5.46. The van der Waals surface area contributed by atoms with Crippen LogP contribution in [0.25, 0.3) is 0 Å². The second-order valence-corrected chi connectivity index (χ2v) is 4.36. The fraction of sp³-hybridized carbons (Fsp3) is 0.833. The monoisotopic (exact) mass is 259 g/mol. The number of ether oxygens (including phenoxy) is 2. The van der Waals surface area contributed by atoms with Crippen molar-refractivity contribution in [3.63, 3.8) is 0 Å². The lowest BCUT2D eigenvalue weighted by atomic mass is 10.1. The van der Waals surface area contributed by atoms with E-state index >= 15 is 0 Å². The quantitative estimate of drug-likeness (QED) is 0.720. The molecule has 1 aliphatic rings. The number of piperidine rings is 1. The lowest BCUT2D eigenvalue weighted by Gasteiger charge is -2.32. The minimum Gasteiger partial charge on any atom is -0.480 e. The maximum atomic E-state index is 11.8. The highest BCUT2D eigenvalue weighted by atomic mass is 16.5. The molecule has 1 saturated heterocycles. The fourth-order valence-electron chi connectivity index (χ4n) is 1.90. The van der Waals surface area contributed by atoms with Gasteiger partial charge in [-0.15, -0.1) is 0 Å². The average molecular weight is 259 g/mol. The number of carboxylic acid groups (broad SMARTS) is 1. The van der Waals surface area contributed by atoms with Crippen LogP contribution in [0.15, 0.2) is 0 Å². The Balaban J connectivity index is 2.27. The number of aliphatic carboxylic acids is 1. The van der Waals surface area contributed by atoms with E-state index < -0.39 is 12.6 Å². The molecule has 1 heterocycles. The molecule has 1 amide bonds. The molecule has 0 bridgehead atoms. The maximum Gasteiger partial charge on any atom is 0.329 e. The molecule has 0 aromatic heterocycles. The van der Waals surface area contributed by atoms with Crippen LogP contribution in [0.1, 0.15) is 26.2 Å². The Morgan fingerprint density at radius 2 is 2.17 bits per heavy atom. The van der Waals surface area contributed by atoms with Gasteiger partial charge in [0.25, 0.3) is 0 Å². The van der Waals surface area contributed by atoms with Gasteiger partial charge in [0.2, 0.25) is 5.91 Å². The van der Waals surface area contributed by atoms with Gasteiger partial charge in [0.05, 0.1) is 6.10 Å². The molecule has 1 aliphatic heterocycles. The fourth-order valence-corrected chi connectivity index (χ4v) is 1.90. The molecule has 6 nitrogen and oxygen atoms in total. The lowest BCUT2D eigenvalue weighted by Crippen LogP contribution is -2.44. The Morgan fingerprint density at radius 1 is 1.39 bits per heavy atom. The van der Waals surface area contributed by atoms with E-state index in [4.69, 9.17) is 14.6 Å². The van der Waals surface area contributed by atoms with Gasteiger partial charge in [0.15, 0.2) is 0 Å². The minimum atomic E-state index is -1.06. The normalized spacial score (nSPS) is 19.8. The molecule has 6 heteroatoms.